The summed E-state index contributed by atoms with van der Waals surface area (Å²) in [4.78, 5) is 20.1. The van der Waals surface area contributed by atoms with E-state index < -0.39 is 5.97 Å². The second-order valence-electron chi connectivity index (χ2n) is 5.63. The molecule has 0 fully saturated rings. The van der Waals surface area contributed by atoms with Crippen LogP contribution in [0.1, 0.15) is 36.7 Å². The Morgan fingerprint density at radius 1 is 1.14 bits per heavy atom. The van der Waals surface area contributed by atoms with E-state index in [4.69, 9.17) is 15.1 Å². The van der Waals surface area contributed by atoms with Gasteiger partial charge in [0.05, 0.1) is 22.4 Å². The van der Waals surface area contributed by atoms with E-state index in [-0.39, 0.29) is 0 Å². The summed E-state index contributed by atoms with van der Waals surface area (Å²) in [7, 11) is 0. The standard InChI is InChI=1S/C18H18N2O2/c1-12(10-18(21)22)6-7-13-8-9-16-17(11-13)20-15-5-3-2-4-14(15)19-16/h6-11H,2-5H2,1H3,(H,21,22)/b7-6+,12-10+. The number of hydrogen-bond acceptors (Lipinski definition) is 3. The number of allylic oxidation sites excluding steroid dienone is 2. The number of carbonyl (C=O) groups is 1. The molecule has 1 aromatic carbocycles. The van der Waals surface area contributed by atoms with Crippen LogP contribution in [-0.2, 0) is 17.6 Å². The van der Waals surface area contributed by atoms with Crippen LogP contribution in [0.5, 0.6) is 0 Å². The van der Waals surface area contributed by atoms with Crippen LogP contribution in [0.25, 0.3) is 17.1 Å². The number of aryl methyl sites for hydroxylation is 2. The van der Waals surface area contributed by atoms with Crippen LogP contribution in [0.2, 0.25) is 0 Å². The molecule has 0 saturated carbocycles. The summed E-state index contributed by atoms with van der Waals surface area (Å²) in [5, 5.41) is 8.71. The number of hydrogen-bond donors (Lipinski definition) is 1. The Morgan fingerprint density at radius 3 is 2.50 bits per heavy atom. The molecular formula is C18H18N2O2. The molecule has 0 atom stereocenters. The number of rotatable bonds is 3. The van der Waals surface area contributed by atoms with Crippen molar-refractivity contribution in [2.75, 3.05) is 0 Å². The summed E-state index contributed by atoms with van der Waals surface area (Å²) in [5.41, 5.74) is 5.79. The zero-order valence-electron chi connectivity index (χ0n) is 12.5. The van der Waals surface area contributed by atoms with Gasteiger partial charge in [0, 0.05) is 6.08 Å². The summed E-state index contributed by atoms with van der Waals surface area (Å²) in [6, 6.07) is 5.96. The van der Waals surface area contributed by atoms with Gasteiger partial charge in [0.1, 0.15) is 0 Å². The van der Waals surface area contributed by atoms with Gasteiger partial charge in [-0.3, -0.25) is 0 Å². The van der Waals surface area contributed by atoms with Gasteiger partial charge >= 0.3 is 5.97 Å². The number of nitrogens with zero attached hydrogens (tertiary/aromatic N) is 2. The molecule has 2 aromatic rings. The third-order valence-electron chi connectivity index (χ3n) is 3.81. The highest BCUT2D eigenvalue weighted by Crippen LogP contribution is 2.22. The molecule has 4 heteroatoms. The van der Waals surface area contributed by atoms with Crippen molar-refractivity contribution in [3.8, 4) is 0 Å². The van der Waals surface area contributed by atoms with Crippen molar-refractivity contribution >= 4 is 23.1 Å². The Labute approximate surface area is 129 Å². The van der Waals surface area contributed by atoms with Crippen molar-refractivity contribution < 1.29 is 9.90 Å². The van der Waals surface area contributed by atoms with E-state index in [0.717, 1.165) is 40.8 Å². The topological polar surface area (TPSA) is 63.1 Å². The minimum absolute atomic E-state index is 0.698. The molecule has 0 bridgehead atoms. The summed E-state index contributed by atoms with van der Waals surface area (Å²) in [5.74, 6) is -0.932. The van der Waals surface area contributed by atoms with Crippen molar-refractivity contribution in [3.63, 3.8) is 0 Å². The van der Waals surface area contributed by atoms with E-state index in [2.05, 4.69) is 0 Å². The normalized spacial score (nSPS) is 15.2. The van der Waals surface area contributed by atoms with E-state index in [1.807, 2.05) is 24.3 Å². The third-order valence-corrected chi connectivity index (χ3v) is 3.81. The van der Waals surface area contributed by atoms with Gasteiger partial charge in [-0.15, -0.1) is 0 Å². The van der Waals surface area contributed by atoms with Gasteiger partial charge in [-0.2, -0.15) is 0 Å². The van der Waals surface area contributed by atoms with Crippen LogP contribution in [0, 0.1) is 0 Å². The second kappa shape index (κ2) is 6.10. The lowest BCUT2D eigenvalue weighted by Crippen LogP contribution is -2.08. The fraction of sp³-hybridized carbons (Fsp3) is 0.278. The summed E-state index contributed by atoms with van der Waals surface area (Å²) in [6.07, 6.45) is 9.30. The first-order chi connectivity index (χ1) is 10.6. The van der Waals surface area contributed by atoms with Crippen molar-refractivity contribution in [2.24, 2.45) is 0 Å². The molecule has 0 unspecified atom stereocenters. The minimum atomic E-state index is -0.932. The molecule has 3 rings (SSSR count). The zero-order chi connectivity index (χ0) is 15.5. The van der Waals surface area contributed by atoms with Crippen LogP contribution < -0.4 is 0 Å². The Balaban J connectivity index is 1.92. The Kier molecular flexibility index (Phi) is 4.00. The van der Waals surface area contributed by atoms with Crippen LogP contribution >= 0.6 is 0 Å². The van der Waals surface area contributed by atoms with Crippen molar-refractivity contribution in [3.05, 3.63) is 52.9 Å². The number of aromatic nitrogens is 2. The molecule has 1 aromatic heterocycles. The Hall–Kier alpha value is -2.49. The molecule has 0 radical (unpaired) electrons. The SMILES string of the molecule is CC(/C=C/c1ccc2nc3c(nc2c1)CCCC3)=C\C(=O)O. The zero-order valence-corrected chi connectivity index (χ0v) is 12.5. The van der Waals surface area contributed by atoms with Crippen molar-refractivity contribution in [2.45, 2.75) is 32.6 Å². The van der Waals surface area contributed by atoms with Gasteiger partial charge in [0.25, 0.3) is 0 Å². The molecule has 0 saturated heterocycles. The van der Waals surface area contributed by atoms with E-state index in [9.17, 15) is 4.79 Å². The number of carboxylic acid groups (broad SMARTS) is 1. The van der Waals surface area contributed by atoms with Crippen molar-refractivity contribution in [1.82, 2.24) is 9.97 Å². The lowest BCUT2D eigenvalue weighted by molar-refractivity contribution is -0.131. The fourth-order valence-electron chi connectivity index (χ4n) is 2.70. The molecule has 4 nitrogen and oxygen atoms in total. The van der Waals surface area contributed by atoms with Crippen LogP contribution in [0.3, 0.4) is 0 Å². The molecule has 1 aliphatic rings. The van der Waals surface area contributed by atoms with E-state index in [1.165, 1.54) is 18.9 Å². The molecule has 1 N–H and O–H groups in total. The van der Waals surface area contributed by atoms with Crippen molar-refractivity contribution in [1.29, 1.82) is 0 Å². The first kappa shape index (κ1) is 14.4. The minimum Gasteiger partial charge on any atom is -0.478 e. The van der Waals surface area contributed by atoms with Gasteiger partial charge in [0.2, 0.25) is 0 Å². The highest BCUT2D eigenvalue weighted by atomic mass is 16.4. The maximum absolute atomic E-state index is 10.6. The van der Waals surface area contributed by atoms with Crippen LogP contribution in [0.15, 0.2) is 35.9 Å². The fourth-order valence-corrected chi connectivity index (χ4v) is 2.70. The summed E-state index contributed by atoms with van der Waals surface area (Å²) >= 11 is 0. The predicted molar refractivity (Wildman–Crippen MR) is 86.6 cm³/mol. The smallest absolute Gasteiger partial charge is 0.328 e. The molecule has 0 amide bonds. The highest BCUT2D eigenvalue weighted by Gasteiger charge is 2.13. The average molecular weight is 294 g/mol. The van der Waals surface area contributed by atoms with Crippen LogP contribution in [-0.4, -0.2) is 21.0 Å². The maximum atomic E-state index is 10.6. The summed E-state index contributed by atoms with van der Waals surface area (Å²) < 4.78 is 0. The van der Waals surface area contributed by atoms with Gasteiger partial charge in [-0.25, -0.2) is 14.8 Å². The maximum Gasteiger partial charge on any atom is 0.328 e. The quantitative estimate of drug-likeness (QED) is 0.694. The number of fused-ring (bicyclic) bond motifs is 2. The monoisotopic (exact) mass is 294 g/mol. The van der Waals surface area contributed by atoms with Crippen LogP contribution in [0.4, 0.5) is 0 Å². The lowest BCUT2D eigenvalue weighted by atomic mass is 10.00. The predicted octanol–water partition coefficient (Wildman–Crippen LogP) is 3.55. The number of carboxylic acids is 1. The third kappa shape index (κ3) is 3.22. The average Bonchev–Trinajstić information content (AvgIpc) is 2.50. The van der Waals surface area contributed by atoms with Gasteiger partial charge in [-0.1, -0.05) is 18.2 Å². The Bertz CT molecular complexity index is 791. The number of aliphatic carboxylic acids is 1. The number of benzene rings is 1. The first-order valence-corrected chi connectivity index (χ1v) is 7.51. The molecule has 1 aliphatic carbocycles. The molecule has 1 heterocycles. The highest BCUT2D eigenvalue weighted by molar-refractivity contribution is 5.82. The largest absolute Gasteiger partial charge is 0.478 e. The van der Waals surface area contributed by atoms with Gasteiger partial charge in [-0.05, 0) is 55.9 Å². The molecule has 112 valence electrons. The summed E-state index contributed by atoms with van der Waals surface area (Å²) in [6.45, 7) is 1.77. The van der Waals surface area contributed by atoms with Gasteiger partial charge in [0.15, 0.2) is 0 Å². The second-order valence-corrected chi connectivity index (χ2v) is 5.63. The molecule has 22 heavy (non-hydrogen) atoms. The van der Waals surface area contributed by atoms with Gasteiger partial charge < -0.3 is 5.11 Å². The molecule has 0 aliphatic heterocycles. The van der Waals surface area contributed by atoms with E-state index >= 15 is 0 Å². The Morgan fingerprint density at radius 2 is 1.82 bits per heavy atom. The molecule has 0 spiro atoms. The first-order valence-electron chi connectivity index (χ1n) is 7.51. The van der Waals surface area contributed by atoms with E-state index in [0.29, 0.717) is 5.57 Å². The lowest BCUT2D eigenvalue weighted by Gasteiger charge is -2.14. The molecular weight excluding hydrogens is 276 g/mol. The van der Waals surface area contributed by atoms with E-state index in [1.54, 1.807) is 13.0 Å².